The largest absolute Gasteiger partial charge is 1.00 e. The van der Waals surface area contributed by atoms with Crippen LogP contribution in [0.15, 0.2) is 101 Å². The zero-order valence-electron chi connectivity index (χ0n) is 18.5. The maximum absolute atomic E-state index is 13.5. The first-order valence-corrected chi connectivity index (χ1v) is 12.1. The summed E-state index contributed by atoms with van der Waals surface area (Å²) in [4.78, 5) is 0.157. The molecule has 4 rings (SSSR count). The molecule has 0 N–H and O–H groups in total. The van der Waals surface area contributed by atoms with Gasteiger partial charge in [0.1, 0.15) is 11.4 Å². The first-order valence-electron chi connectivity index (χ1n) is 11.0. The van der Waals surface area contributed by atoms with Crippen molar-refractivity contribution in [2.45, 2.75) is 48.2 Å². The van der Waals surface area contributed by atoms with Crippen LogP contribution in [0, 0.1) is 0 Å². The van der Waals surface area contributed by atoms with E-state index in [1.54, 1.807) is 12.3 Å². The lowest BCUT2D eigenvalue weighted by atomic mass is 10.1. The van der Waals surface area contributed by atoms with Crippen molar-refractivity contribution >= 4 is 21.7 Å². The van der Waals surface area contributed by atoms with Gasteiger partial charge in [-0.3, -0.25) is 0 Å². The van der Waals surface area contributed by atoms with Crippen LogP contribution < -0.4 is 28.5 Å². The number of rotatable bonds is 8. The number of hydrogen-bond acceptors (Lipinski definition) is 1. The Morgan fingerprint density at radius 2 is 1.47 bits per heavy atom. The molecule has 2 nitrogen and oxygen atoms in total. The van der Waals surface area contributed by atoms with Crippen LogP contribution in [0.3, 0.4) is 0 Å². The average Bonchev–Trinajstić information content (AvgIpc) is 2.83. The fourth-order valence-electron chi connectivity index (χ4n) is 3.99. The summed E-state index contributed by atoms with van der Waals surface area (Å²) in [7, 11) is -1.95. The van der Waals surface area contributed by atoms with Gasteiger partial charge in [0.2, 0.25) is 5.52 Å². The number of aryl methyl sites for hydroxylation is 2. The number of alkyl halides is 3. The van der Waals surface area contributed by atoms with Gasteiger partial charge in [-0.25, -0.2) is 4.21 Å². The van der Waals surface area contributed by atoms with Crippen LogP contribution in [-0.4, -0.2) is 4.21 Å². The number of halogens is 4. The molecule has 0 saturated carbocycles. The second-order valence-electron chi connectivity index (χ2n) is 7.99. The maximum atomic E-state index is 13.5. The molecule has 7 heteroatoms. The molecule has 178 valence electrons. The molecule has 1 unspecified atom stereocenters. The molecular formula is C27H25F3INOS. The number of fused-ring (bicyclic) bond motifs is 1. The van der Waals surface area contributed by atoms with Crippen LogP contribution in [0.1, 0.15) is 30.4 Å². The number of aromatic nitrogens is 1. The van der Waals surface area contributed by atoms with Crippen molar-refractivity contribution in [3.05, 3.63) is 102 Å². The highest BCUT2D eigenvalue weighted by Crippen LogP contribution is 2.35. The second kappa shape index (κ2) is 11.9. The number of hydrogen-bond donors (Lipinski definition) is 0. The molecule has 0 aliphatic rings. The van der Waals surface area contributed by atoms with Gasteiger partial charge < -0.3 is 24.0 Å². The minimum atomic E-state index is -4.56. The summed E-state index contributed by atoms with van der Waals surface area (Å²) in [5.74, 6) is 0. The molecule has 0 radical (unpaired) electrons. The molecule has 4 aromatic rings. The lowest BCUT2D eigenvalue weighted by Gasteiger charge is -2.12. The third-order valence-electron chi connectivity index (χ3n) is 5.64. The summed E-state index contributed by atoms with van der Waals surface area (Å²) >= 11 is 0. The Bertz CT molecular complexity index is 1260. The fraction of sp³-hybridized carbons (Fsp3) is 0.222. The monoisotopic (exact) mass is 595 g/mol. The van der Waals surface area contributed by atoms with Crippen molar-refractivity contribution in [3.63, 3.8) is 0 Å². The summed E-state index contributed by atoms with van der Waals surface area (Å²) < 4.78 is 55.7. The van der Waals surface area contributed by atoms with Gasteiger partial charge in [-0.1, -0.05) is 54.6 Å². The topological polar surface area (TPSA) is 20.9 Å². The first-order chi connectivity index (χ1) is 15.9. The predicted molar refractivity (Wildman–Crippen MR) is 124 cm³/mol. The van der Waals surface area contributed by atoms with Crippen molar-refractivity contribution in [3.8, 4) is 0 Å². The third-order valence-corrected chi connectivity index (χ3v) is 7.05. The third kappa shape index (κ3) is 6.44. The fourth-order valence-corrected chi connectivity index (χ4v) is 5.29. The normalized spacial score (nSPS) is 12.3. The Morgan fingerprint density at radius 1 is 0.794 bits per heavy atom. The molecule has 0 spiro atoms. The molecule has 34 heavy (non-hydrogen) atoms. The van der Waals surface area contributed by atoms with Gasteiger partial charge >= 0.3 is 6.18 Å². The van der Waals surface area contributed by atoms with E-state index in [0.29, 0.717) is 11.4 Å². The van der Waals surface area contributed by atoms with E-state index < -0.39 is 22.5 Å². The van der Waals surface area contributed by atoms with Gasteiger partial charge in [0.15, 0.2) is 6.20 Å². The Balaban J connectivity index is 0.00000324. The van der Waals surface area contributed by atoms with Gasteiger partial charge in [0.05, 0.1) is 21.3 Å². The molecule has 0 amide bonds. The predicted octanol–water partition coefficient (Wildman–Crippen LogP) is 3.73. The van der Waals surface area contributed by atoms with Gasteiger partial charge in [0, 0.05) is 17.9 Å². The Kier molecular flexibility index (Phi) is 9.24. The van der Waals surface area contributed by atoms with Crippen LogP contribution in [-0.2, 0) is 29.9 Å². The Labute approximate surface area is 217 Å². The van der Waals surface area contributed by atoms with E-state index in [4.69, 9.17) is 0 Å². The maximum Gasteiger partial charge on any atom is 0.417 e. The quantitative estimate of drug-likeness (QED) is 0.173. The highest BCUT2D eigenvalue weighted by Gasteiger charge is 2.35. The lowest BCUT2D eigenvalue weighted by Crippen LogP contribution is -3.00. The highest BCUT2D eigenvalue weighted by atomic mass is 127. The molecule has 0 fully saturated rings. The number of nitrogens with zero attached hydrogens (tertiary/aromatic N) is 1. The van der Waals surface area contributed by atoms with Crippen LogP contribution in [0.4, 0.5) is 13.2 Å². The van der Waals surface area contributed by atoms with E-state index in [0.717, 1.165) is 42.7 Å². The molecule has 0 aliphatic carbocycles. The zero-order valence-corrected chi connectivity index (χ0v) is 21.4. The number of unbranched alkanes of at least 4 members (excludes halogenated alkanes) is 2. The molecule has 3 aromatic carbocycles. The van der Waals surface area contributed by atoms with Gasteiger partial charge in [0.25, 0.3) is 0 Å². The number of para-hydroxylation sites is 1. The van der Waals surface area contributed by atoms with Gasteiger partial charge in [-0.15, -0.1) is 0 Å². The van der Waals surface area contributed by atoms with Gasteiger partial charge in [-0.05, 0) is 49.1 Å². The zero-order chi connectivity index (χ0) is 23.3. The molecule has 1 atom stereocenters. The molecular weight excluding hydrogens is 570 g/mol. The summed E-state index contributed by atoms with van der Waals surface area (Å²) in [6.07, 6.45) is 1.22. The summed E-state index contributed by atoms with van der Waals surface area (Å²) in [5.41, 5.74) is 1.44. The molecule has 1 aromatic heterocycles. The van der Waals surface area contributed by atoms with Crippen molar-refractivity contribution in [2.24, 2.45) is 0 Å². The molecule has 1 heterocycles. The van der Waals surface area contributed by atoms with Crippen molar-refractivity contribution in [2.75, 3.05) is 0 Å². The second-order valence-corrected chi connectivity index (χ2v) is 9.44. The van der Waals surface area contributed by atoms with Crippen molar-refractivity contribution in [1.29, 1.82) is 0 Å². The van der Waals surface area contributed by atoms with E-state index in [1.807, 2.05) is 47.0 Å². The number of benzene rings is 3. The first kappa shape index (κ1) is 26.3. The molecule has 0 bridgehead atoms. The summed E-state index contributed by atoms with van der Waals surface area (Å²) in [6, 6.07) is 24.8. The Morgan fingerprint density at radius 3 is 2.24 bits per heavy atom. The minimum Gasteiger partial charge on any atom is -1.00 e. The van der Waals surface area contributed by atoms with E-state index in [-0.39, 0.29) is 28.9 Å². The highest BCUT2D eigenvalue weighted by molar-refractivity contribution is 7.85. The SMILES string of the molecule is O=S(c1cc2ccccc2[n+](CCCCCc2ccccc2)c1)c1ccccc1C(F)(F)F.[I-]. The van der Waals surface area contributed by atoms with Crippen LogP contribution in [0.25, 0.3) is 10.9 Å². The van der Waals surface area contributed by atoms with Gasteiger partial charge in [-0.2, -0.15) is 17.7 Å². The minimum absolute atomic E-state index is 0. The standard InChI is InChI=1S/C27H25F3NOS.HI/c28-27(29,30)24-15-7-9-17-26(24)33(32)23-19-22-14-6-8-16-25(22)31(20-23)18-10-2-5-13-21-11-3-1-4-12-21;/h1,3-4,6-9,11-12,14-17,19-20H,2,5,10,13,18H2;1H/q+1;/p-1. The van der Waals surface area contributed by atoms with E-state index in [2.05, 4.69) is 12.1 Å². The molecule has 0 saturated heterocycles. The van der Waals surface area contributed by atoms with E-state index >= 15 is 0 Å². The summed E-state index contributed by atoms with van der Waals surface area (Å²) in [5, 5.41) is 0.858. The smallest absolute Gasteiger partial charge is 0.417 e. The van der Waals surface area contributed by atoms with E-state index in [1.165, 1.54) is 23.8 Å². The summed E-state index contributed by atoms with van der Waals surface area (Å²) in [6.45, 7) is 0.710. The van der Waals surface area contributed by atoms with Crippen LogP contribution >= 0.6 is 0 Å². The average molecular weight is 595 g/mol. The Hall–Kier alpha value is -2.26. The van der Waals surface area contributed by atoms with Crippen LogP contribution in [0.5, 0.6) is 0 Å². The number of pyridine rings is 1. The van der Waals surface area contributed by atoms with Crippen molar-refractivity contribution in [1.82, 2.24) is 0 Å². The molecule has 0 aliphatic heterocycles. The lowest BCUT2D eigenvalue weighted by molar-refractivity contribution is -0.673. The van der Waals surface area contributed by atoms with E-state index in [9.17, 15) is 17.4 Å². The van der Waals surface area contributed by atoms with Crippen molar-refractivity contribution < 1.29 is 45.9 Å². The van der Waals surface area contributed by atoms with Crippen LogP contribution in [0.2, 0.25) is 0 Å².